The Kier molecular flexibility index (Phi) is 3.36. The topological polar surface area (TPSA) is 115 Å². The van der Waals surface area contributed by atoms with Crippen molar-refractivity contribution in [3.05, 3.63) is 62.9 Å². The Bertz CT molecular complexity index is 806. The molecule has 1 heterocycles. The normalized spacial score (nSPS) is 11.4. The van der Waals surface area contributed by atoms with Crippen LogP contribution in [-0.4, -0.2) is 18.0 Å². The molecule has 0 radical (unpaired) electrons. The average Bonchev–Trinajstić information content (AvgIpc) is 2.32. The van der Waals surface area contributed by atoms with Crippen LogP contribution < -0.4 is 16.4 Å². The third-order valence-electron chi connectivity index (χ3n) is 2.48. The number of rotatable bonds is 3. The van der Waals surface area contributed by atoms with E-state index in [1.807, 2.05) is 11.1 Å². The van der Waals surface area contributed by atoms with Gasteiger partial charge in [-0.25, -0.2) is 18.4 Å². The van der Waals surface area contributed by atoms with Crippen LogP contribution in [0.5, 0.6) is 0 Å². The van der Waals surface area contributed by atoms with Crippen LogP contribution in [0.1, 0.15) is 5.56 Å². The molecule has 0 aliphatic rings. The molecule has 7 nitrogen and oxygen atoms in total. The van der Waals surface area contributed by atoms with E-state index in [0.29, 0.717) is 0 Å². The molecule has 0 spiro atoms. The van der Waals surface area contributed by atoms with Crippen molar-refractivity contribution in [2.75, 3.05) is 0 Å². The number of nitrogens with zero attached hydrogens (tertiary/aromatic N) is 1. The van der Waals surface area contributed by atoms with Gasteiger partial charge < -0.3 is 0 Å². The Hall–Kier alpha value is -2.19. The van der Waals surface area contributed by atoms with E-state index in [1.165, 1.54) is 0 Å². The minimum absolute atomic E-state index is 0.138. The van der Waals surface area contributed by atoms with Gasteiger partial charge in [0, 0.05) is 6.20 Å². The average molecular weight is 281 g/mol. The van der Waals surface area contributed by atoms with E-state index in [9.17, 15) is 18.0 Å². The molecule has 0 saturated carbocycles. The van der Waals surface area contributed by atoms with Gasteiger partial charge in [0.2, 0.25) is 10.0 Å². The number of nitrogens with one attached hydrogen (secondary N) is 1. The molecule has 0 amide bonds. The van der Waals surface area contributed by atoms with Crippen LogP contribution in [0.15, 0.2) is 51.0 Å². The number of nitrogens with two attached hydrogens (primary N) is 1. The second-order valence-electron chi connectivity index (χ2n) is 3.91. The van der Waals surface area contributed by atoms with Crippen molar-refractivity contribution in [3.63, 3.8) is 0 Å². The van der Waals surface area contributed by atoms with Crippen LogP contribution in [0, 0.1) is 0 Å². The van der Waals surface area contributed by atoms with Crippen LogP contribution in [0.2, 0.25) is 0 Å². The zero-order valence-corrected chi connectivity index (χ0v) is 10.6. The molecule has 100 valence electrons. The van der Waals surface area contributed by atoms with Gasteiger partial charge in [-0.1, -0.05) is 30.3 Å². The summed E-state index contributed by atoms with van der Waals surface area (Å²) in [4.78, 5) is 24.2. The Morgan fingerprint density at radius 2 is 1.79 bits per heavy atom. The minimum Gasteiger partial charge on any atom is -0.295 e. The fourth-order valence-corrected chi connectivity index (χ4v) is 2.17. The summed E-state index contributed by atoms with van der Waals surface area (Å²) in [6.45, 7) is 0.138. The summed E-state index contributed by atoms with van der Waals surface area (Å²) in [7, 11) is -4.17. The van der Waals surface area contributed by atoms with E-state index in [1.54, 1.807) is 24.3 Å². The molecule has 3 N–H and O–H groups in total. The Morgan fingerprint density at radius 3 is 2.37 bits per heavy atom. The molecular formula is C11H11N3O4S. The van der Waals surface area contributed by atoms with Crippen molar-refractivity contribution in [1.29, 1.82) is 0 Å². The van der Waals surface area contributed by atoms with Gasteiger partial charge in [-0.3, -0.25) is 14.3 Å². The lowest BCUT2D eigenvalue weighted by molar-refractivity contribution is 0.591. The maximum absolute atomic E-state index is 11.6. The monoisotopic (exact) mass is 281 g/mol. The third-order valence-corrected chi connectivity index (χ3v) is 3.38. The first-order chi connectivity index (χ1) is 8.88. The van der Waals surface area contributed by atoms with Crippen molar-refractivity contribution in [1.82, 2.24) is 9.55 Å². The van der Waals surface area contributed by atoms with Gasteiger partial charge in [-0.05, 0) is 5.56 Å². The Morgan fingerprint density at radius 1 is 1.16 bits per heavy atom. The number of H-pyrrole nitrogens is 1. The van der Waals surface area contributed by atoms with Crippen molar-refractivity contribution < 1.29 is 8.42 Å². The van der Waals surface area contributed by atoms with Crippen LogP contribution in [-0.2, 0) is 16.6 Å². The van der Waals surface area contributed by atoms with Crippen molar-refractivity contribution in [2.24, 2.45) is 5.14 Å². The lowest BCUT2D eigenvalue weighted by Crippen LogP contribution is -2.34. The van der Waals surface area contributed by atoms with Gasteiger partial charge in [0.1, 0.15) is 0 Å². The number of aromatic amines is 1. The second kappa shape index (κ2) is 4.82. The largest absolute Gasteiger partial charge is 0.328 e. The molecule has 2 aromatic rings. The molecule has 8 heteroatoms. The highest BCUT2D eigenvalue weighted by atomic mass is 32.2. The van der Waals surface area contributed by atoms with Crippen LogP contribution in [0.3, 0.4) is 0 Å². The summed E-state index contributed by atoms with van der Waals surface area (Å²) in [5.74, 6) is 0. The molecule has 0 aliphatic heterocycles. The van der Waals surface area contributed by atoms with Gasteiger partial charge in [-0.15, -0.1) is 0 Å². The molecular weight excluding hydrogens is 270 g/mol. The summed E-state index contributed by atoms with van der Waals surface area (Å²) in [5.41, 5.74) is -0.921. The van der Waals surface area contributed by atoms with Crippen LogP contribution in [0.4, 0.5) is 0 Å². The SMILES string of the molecule is NS(=O)(=O)c1cn(Cc2ccccc2)c(=O)[nH]c1=O. The van der Waals surface area contributed by atoms with Gasteiger partial charge in [0.15, 0.2) is 4.90 Å². The first kappa shape index (κ1) is 13.2. The third kappa shape index (κ3) is 2.98. The fraction of sp³-hybridized carbons (Fsp3) is 0.0909. The molecule has 0 bridgehead atoms. The van der Waals surface area contributed by atoms with E-state index in [4.69, 9.17) is 5.14 Å². The van der Waals surface area contributed by atoms with E-state index in [0.717, 1.165) is 16.3 Å². The predicted octanol–water partition coefficient (Wildman–Crippen LogP) is -0.768. The van der Waals surface area contributed by atoms with Gasteiger partial charge in [-0.2, -0.15) is 0 Å². The first-order valence-corrected chi connectivity index (χ1v) is 6.83. The molecule has 0 atom stereocenters. The summed E-state index contributed by atoms with van der Waals surface area (Å²) >= 11 is 0. The molecule has 0 fully saturated rings. The Balaban J connectivity index is 2.54. The van der Waals surface area contributed by atoms with E-state index >= 15 is 0 Å². The standard InChI is InChI=1S/C11H11N3O4S/c12-19(17,18)9-7-14(11(16)13-10(9)15)6-8-4-2-1-3-5-8/h1-5,7H,6H2,(H2,12,17,18)(H,13,15,16). The lowest BCUT2D eigenvalue weighted by atomic mass is 10.2. The van der Waals surface area contributed by atoms with Crippen molar-refractivity contribution in [3.8, 4) is 0 Å². The number of primary sulfonamides is 1. The highest BCUT2D eigenvalue weighted by Gasteiger charge is 2.15. The number of hydrogen-bond donors (Lipinski definition) is 2. The molecule has 0 aliphatic carbocycles. The quantitative estimate of drug-likeness (QED) is 0.768. The zero-order chi connectivity index (χ0) is 14.0. The zero-order valence-electron chi connectivity index (χ0n) is 9.74. The molecule has 1 aromatic carbocycles. The minimum atomic E-state index is -4.17. The Labute approximate surface area is 108 Å². The molecule has 19 heavy (non-hydrogen) atoms. The predicted molar refractivity (Wildman–Crippen MR) is 68.2 cm³/mol. The van der Waals surface area contributed by atoms with E-state index in [2.05, 4.69) is 0 Å². The molecule has 2 rings (SSSR count). The van der Waals surface area contributed by atoms with Crippen molar-refractivity contribution in [2.45, 2.75) is 11.4 Å². The smallest absolute Gasteiger partial charge is 0.295 e. The van der Waals surface area contributed by atoms with Crippen molar-refractivity contribution >= 4 is 10.0 Å². The molecule has 0 unspecified atom stereocenters. The first-order valence-electron chi connectivity index (χ1n) is 5.28. The highest BCUT2D eigenvalue weighted by Crippen LogP contribution is 2.02. The number of aromatic nitrogens is 2. The summed E-state index contributed by atoms with van der Waals surface area (Å²) in [6, 6.07) is 8.93. The van der Waals surface area contributed by atoms with Gasteiger partial charge in [0.25, 0.3) is 5.56 Å². The lowest BCUT2D eigenvalue weighted by Gasteiger charge is -2.06. The molecule has 0 saturated heterocycles. The fourth-order valence-electron chi connectivity index (χ4n) is 1.59. The van der Waals surface area contributed by atoms with Gasteiger partial charge in [0.05, 0.1) is 6.54 Å². The van der Waals surface area contributed by atoms with E-state index < -0.39 is 26.2 Å². The second-order valence-corrected chi connectivity index (χ2v) is 5.44. The summed E-state index contributed by atoms with van der Waals surface area (Å²) < 4.78 is 23.5. The summed E-state index contributed by atoms with van der Waals surface area (Å²) in [6.07, 6.45) is 0.948. The van der Waals surface area contributed by atoms with Crippen LogP contribution in [0.25, 0.3) is 0 Å². The summed E-state index contributed by atoms with van der Waals surface area (Å²) in [5, 5.41) is 4.91. The highest BCUT2D eigenvalue weighted by molar-refractivity contribution is 7.89. The number of hydrogen-bond acceptors (Lipinski definition) is 4. The number of benzene rings is 1. The van der Waals surface area contributed by atoms with E-state index in [-0.39, 0.29) is 6.54 Å². The maximum atomic E-state index is 11.6. The van der Waals surface area contributed by atoms with Crippen LogP contribution >= 0.6 is 0 Å². The maximum Gasteiger partial charge on any atom is 0.328 e. The number of sulfonamides is 1. The molecule has 1 aromatic heterocycles. The van der Waals surface area contributed by atoms with Gasteiger partial charge >= 0.3 is 5.69 Å².